The molecule has 2 atom stereocenters. The van der Waals surface area contributed by atoms with Crippen LogP contribution in [0, 0.1) is 0 Å². The molecular weight excluding hydrogens is 489 g/mol. The summed E-state index contributed by atoms with van der Waals surface area (Å²) in [6.45, 7) is 0.864. The van der Waals surface area contributed by atoms with E-state index in [-0.39, 0.29) is 64.3 Å². The summed E-state index contributed by atoms with van der Waals surface area (Å²) in [5.41, 5.74) is 1.46. The van der Waals surface area contributed by atoms with Gasteiger partial charge in [-0.3, -0.25) is 19.3 Å². The summed E-state index contributed by atoms with van der Waals surface area (Å²) in [5, 5.41) is 23.5. The average Bonchev–Trinajstić information content (AvgIpc) is 3.12. The zero-order chi connectivity index (χ0) is 23.7. The first-order valence-corrected chi connectivity index (χ1v) is 12.7. The van der Waals surface area contributed by atoms with E-state index in [0.29, 0.717) is 30.7 Å². The number of thioether (sulfide) groups is 2. The third-order valence-corrected chi connectivity index (χ3v) is 7.51. The number of carbonyl (C=O) groups excluding carboxylic acids is 4. The maximum atomic E-state index is 12.9. The molecule has 0 unspecified atom stereocenters. The van der Waals surface area contributed by atoms with E-state index in [9.17, 15) is 29.4 Å². The van der Waals surface area contributed by atoms with Gasteiger partial charge < -0.3 is 25.2 Å². The molecule has 3 aliphatic heterocycles. The maximum Gasteiger partial charge on any atom is 1.00 e. The molecule has 3 amide bonds. The van der Waals surface area contributed by atoms with E-state index in [1.807, 2.05) is 0 Å². The first-order chi connectivity index (χ1) is 15.8. The summed E-state index contributed by atoms with van der Waals surface area (Å²) in [5.74, 6) is -1.82. The number of carboxylic acid groups (broad SMARTS) is 1. The van der Waals surface area contributed by atoms with Crippen LogP contribution in [0.3, 0.4) is 0 Å². The summed E-state index contributed by atoms with van der Waals surface area (Å²) in [4.78, 5) is 52.1. The van der Waals surface area contributed by atoms with Crippen LogP contribution < -0.4 is 40.0 Å². The molecule has 2 saturated heterocycles. The molecule has 4 rings (SSSR count). The molecule has 9 nitrogen and oxygen atoms in total. The Labute approximate surface area is 227 Å². The fourth-order valence-corrected chi connectivity index (χ4v) is 5.72. The fourth-order valence-electron chi connectivity index (χ4n) is 4.07. The van der Waals surface area contributed by atoms with Gasteiger partial charge in [0.15, 0.2) is 0 Å². The summed E-state index contributed by atoms with van der Waals surface area (Å²) < 4.78 is 0. The van der Waals surface area contributed by atoms with Crippen molar-refractivity contribution < 1.29 is 58.9 Å². The van der Waals surface area contributed by atoms with Gasteiger partial charge in [-0.05, 0) is 42.0 Å². The zero-order valence-corrected chi connectivity index (χ0v) is 22.4. The zero-order valence-electron chi connectivity index (χ0n) is 18.8. The number of carbonyl (C=O) groups is 4. The van der Waals surface area contributed by atoms with E-state index in [2.05, 4.69) is 5.32 Å². The standard InChI is InChI=1S/C22H23N3O6S2.Na/c1-32-11-16(27)23-17-20(29)25-18(22(30)31)14(10-33-21(17)25)8-13-6-7-24(19(13)28)9-12-2-4-15(26)5-3-12;/h2-5,8,17,21,26H,6-7,9-11H2,1H3,(H,23,27)(H,30,31);/q;+1/p-1/b13-8+;/t17-,21-;/m1./s1. The predicted molar refractivity (Wildman–Crippen MR) is 122 cm³/mol. The number of rotatable bonds is 7. The quantitative estimate of drug-likeness (QED) is 0.223. The number of nitrogens with zero attached hydrogens (tertiary/aromatic N) is 2. The fraction of sp³-hybridized carbons (Fsp3) is 0.364. The minimum absolute atomic E-state index is 0. The Bertz CT molecular complexity index is 1070. The Kier molecular flexibility index (Phi) is 8.80. The Morgan fingerprint density at radius 2 is 2.00 bits per heavy atom. The second-order valence-electron chi connectivity index (χ2n) is 7.86. The largest absolute Gasteiger partial charge is 1.00 e. The second-order valence-corrected chi connectivity index (χ2v) is 9.83. The molecule has 12 heteroatoms. The number of benzene rings is 1. The Balaban J connectivity index is 0.00000324. The van der Waals surface area contributed by atoms with Crippen LogP contribution in [0.2, 0.25) is 0 Å². The number of fused-ring (bicyclic) bond motifs is 1. The molecule has 1 aromatic carbocycles. The Hall–Kier alpha value is -1.92. The number of nitrogens with one attached hydrogen (secondary N) is 1. The molecule has 1 aromatic rings. The summed E-state index contributed by atoms with van der Waals surface area (Å²) in [6, 6.07) is 5.82. The van der Waals surface area contributed by atoms with Gasteiger partial charge in [-0.25, -0.2) is 0 Å². The molecule has 0 saturated carbocycles. The van der Waals surface area contributed by atoms with Crippen LogP contribution in [-0.4, -0.2) is 74.3 Å². The van der Waals surface area contributed by atoms with Crippen LogP contribution in [0.5, 0.6) is 5.75 Å². The smallest absolute Gasteiger partial charge is 0.543 e. The number of β-lactam (4-membered cyclic amide) rings is 1. The first kappa shape index (κ1) is 26.7. The number of likely N-dealkylation sites (tertiary alicyclic amines) is 1. The summed E-state index contributed by atoms with van der Waals surface area (Å²) in [7, 11) is 0. The molecule has 0 bridgehead atoms. The third kappa shape index (κ3) is 5.33. The van der Waals surface area contributed by atoms with Crippen molar-refractivity contribution in [2.75, 3.05) is 24.3 Å². The van der Waals surface area contributed by atoms with Crippen molar-refractivity contribution >= 4 is 47.2 Å². The van der Waals surface area contributed by atoms with Gasteiger partial charge in [-0.2, -0.15) is 11.8 Å². The van der Waals surface area contributed by atoms with E-state index in [1.54, 1.807) is 41.5 Å². The SMILES string of the molecule is CSCC(=O)N[C@@H]1C(=O)N2C(C(=O)[O-])=C(/C=C3\CCN(Cc4ccc(O)cc4)C3=O)CS[C@H]12.[Na+]. The number of hydrogen-bond acceptors (Lipinski definition) is 8. The number of aromatic hydroxyl groups is 1. The van der Waals surface area contributed by atoms with Gasteiger partial charge in [0.25, 0.3) is 5.91 Å². The van der Waals surface area contributed by atoms with Gasteiger partial charge in [0.2, 0.25) is 11.8 Å². The molecule has 0 spiro atoms. The first-order valence-electron chi connectivity index (χ1n) is 10.3. The molecule has 0 radical (unpaired) electrons. The van der Waals surface area contributed by atoms with Gasteiger partial charge >= 0.3 is 29.6 Å². The number of hydrogen-bond donors (Lipinski definition) is 2. The molecule has 174 valence electrons. The Morgan fingerprint density at radius 3 is 2.65 bits per heavy atom. The predicted octanol–water partition coefficient (Wildman–Crippen LogP) is -3.18. The second kappa shape index (κ2) is 11.2. The number of carboxylic acids is 1. The van der Waals surface area contributed by atoms with Crippen molar-refractivity contribution in [3.63, 3.8) is 0 Å². The van der Waals surface area contributed by atoms with Gasteiger partial charge in [0.1, 0.15) is 17.2 Å². The van der Waals surface area contributed by atoms with Crippen LogP contribution in [0.1, 0.15) is 12.0 Å². The molecule has 3 heterocycles. The van der Waals surface area contributed by atoms with E-state index in [0.717, 1.165) is 10.5 Å². The molecule has 0 aliphatic carbocycles. The molecule has 3 aliphatic rings. The number of phenolic OH excluding ortho intramolecular Hbond substituents is 1. The molecule has 34 heavy (non-hydrogen) atoms. The van der Waals surface area contributed by atoms with E-state index in [1.165, 1.54) is 23.5 Å². The number of phenols is 1. The minimum Gasteiger partial charge on any atom is -0.543 e. The molecule has 2 N–H and O–H groups in total. The van der Waals surface area contributed by atoms with Gasteiger partial charge in [-0.15, -0.1) is 11.8 Å². The third-order valence-electron chi connectivity index (χ3n) is 5.65. The van der Waals surface area contributed by atoms with Crippen LogP contribution in [0.4, 0.5) is 0 Å². The van der Waals surface area contributed by atoms with E-state index >= 15 is 0 Å². The van der Waals surface area contributed by atoms with Gasteiger partial charge in [0.05, 0.1) is 17.4 Å². The van der Waals surface area contributed by atoms with Crippen molar-refractivity contribution in [2.45, 2.75) is 24.4 Å². The summed E-state index contributed by atoms with van der Waals surface area (Å²) in [6.07, 6.45) is 3.78. The molecular formula is C22H22N3NaO6S2. The normalized spacial score (nSPS) is 22.9. The van der Waals surface area contributed by atoms with E-state index < -0.39 is 23.3 Å². The van der Waals surface area contributed by atoms with Crippen LogP contribution in [0.25, 0.3) is 0 Å². The average molecular weight is 512 g/mol. The van der Waals surface area contributed by atoms with E-state index in [4.69, 9.17) is 0 Å². The number of amides is 3. The van der Waals surface area contributed by atoms with Crippen LogP contribution in [0.15, 0.2) is 47.2 Å². The van der Waals surface area contributed by atoms with Crippen molar-refractivity contribution in [2.24, 2.45) is 0 Å². The van der Waals surface area contributed by atoms with Crippen molar-refractivity contribution in [3.05, 3.63) is 52.7 Å². The molecule has 0 aromatic heterocycles. The molecule has 2 fully saturated rings. The summed E-state index contributed by atoms with van der Waals surface area (Å²) >= 11 is 2.67. The number of aliphatic carboxylic acids is 1. The topological polar surface area (TPSA) is 130 Å². The van der Waals surface area contributed by atoms with Gasteiger partial charge in [-0.1, -0.05) is 12.1 Å². The van der Waals surface area contributed by atoms with Crippen molar-refractivity contribution in [3.8, 4) is 5.75 Å². The number of allylic oxidation sites excluding steroid dienone is 1. The van der Waals surface area contributed by atoms with Crippen LogP contribution in [-0.2, 0) is 25.7 Å². The minimum atomic E-state index is -1.49. The Morgan fingerprint density at radius 1 is 1.29 bits per heavy atom. The van der Waals surface area contributed by atoms with Crippen molar-refractivity contribution in [1.29, 1.82) is 0 Å². The van der Waals surface area contributed by atoms with Gasteiger partial charge in [0, 0.05) is 24.4 Å². The van der Waals surface area contributed by atoms with Crippen molar-refractivity contribution in [1.82, 2.24) is 15.1 Å². The van der Waals surface area contributed by atoms with Crippen LogP contribution >= 0.6 is 23.5 Å². The maximum absolute atomic E-state index is 12.9. The monoisotopic (exact) mass is 511 g/mol.